The van der Waals surface area contributed by atoms with E-state index in [0.29, 0.717) is 31.0 Å². The molecule has 0 bridgehead atoms. The molecule has 1 fully saturated rings. The summed E-state index contributed by atoms with van der Waals surface area (Å²) in [6.45, 7) is 1.92. The van der Waals surface area contributed by atoms with Gasteiger partial charge < -0.3 is 15.0 Å². The Kier molecular flexibility index (Phi) is 8.58. The fourth-order valence-electron chi connectivity index (χ4n) is 4.93. The fourth-order valence-corrected chi connectivity index (χ4v) is 5.14. The lowest BCUT2D eigenvalue weighted by molar-refractivity contribution is -0.128. The van der Waals surface area contributed by atoms with Gasteiger partial charge in [0.1, 0.15) is 0 Å². The molecule has 0 radical (unpaired) electrons. The monoisotopic (exact) mass is 554 g/mol. The number of amides is 1. The molecule has 0 saturated heterocycles. The summed E-state index contributed by atoms with van der Waals surface area (Å²) in [5.74, 6) is -4.00. The molecule has 2 aliphatic rings. The van der Waals surface area contributed by atoms with E-state index < -0.39 is 23.2 Å². The van der Waals surface area contributed by atoms with Crippen LogP contribution >= 0.6 is 11.6 Å². The minimum atomic E-state index is -1.31. The predicted octanol–water partition coefficient (Wildman–Crippen LogP) is 6.71. The first kappa shape index (κ1) is 27.3. The Morgan fingerprint density at radius 1 is 1.00 bits per heavy atom. The van der Waals surface area contributed by atoms with E-state index in [-0.39, 0.29) is 18.6 Å². The molecule has 5 rings (SSSR count). The highest BCUT2D eigenvalue weighted by atomic mass is 35.5. The zero-order valence-corrected chi connectivity index (χ0v) is 22.2. The number of nitrogens with one attached hydrogen (secondary N) is 1. The van der Waals surface area contributed by atoms with Crippen LogP contribution in [0.3, 0.4) is 0 Å². The minimum Gasteiger partial charge on any atom is -0.488 e. The van der Waals surface area contributed by atoms with E-state index in [1.54, 1.807) is 0 Å². The van der Waals surface area contributed by atoms with Gasteiger partial charge in [-0.3, -0.25) is 4.79 Å². The number of carbonyl (C=O) groups excluding carboxylic acids is 1. The first-order valence-corrected chi connectivity index (χ1v) is 13.6. The maximum atomic E-state index is 13.8. The fraction of sp³-hybridized carbons (Fsp3) is 0.323. The van der Waals surface area contributed by atoms with Crippen molar-refractivity contribution in [1.29, 1.82) is 0 Å². The molecule has 1 aliphatic heterocycles. The Morgan fingerprint density at radius 2 is 1.77 bits per heavy atom. The van der Waals surface area contributed by atoms with Crippen LogP contribution in [0.15, 0.2) is 66.2 Å². The van der Waals surface area contributed by atoms with Crippen LogP contribution in [-0.4, -0.2) is 36.5 Å². The topological polar surface area (TPSA) is 41.6 Å². The molecule has 0 unspecified atom stereocenters. The lowest BCUT2D eigenvalue weighted by Crippen LogP contribution is -2.39. The number of nitrogens with zero attached hydrogens (tertiary/aromatic N) is 1. The molecular weight excluding hydrogens is 525 g/mol. The third-order valence-corrected chi connectivity index (χ3v) is 7.36. The van der Waals surface area contributed by atoms with E-state index in [0.717, 1.165) is 65.8 Å². The number of halogens is 4. The molecular formula is C31H30ClF3N2O2. The number of hydrogen-bond acceptors (Lipinski definition) is 3. The zero-order valence-electron chi connectivity index (χ0n) is 21.5. The van der Waals surface area contributed by atoms with E-state index >= 15 is 0 Å². The molecule has 1 saturated carbocycles. The van der Waals surface area contributed by atoms with Crippen molar-refractivity contribution in [2.45, 2.75) is 44.7 Å². The highest BCUT2D eigenvalue weighted by Crippen LogP contribution is 2.33. The van der Waals surface area contributed by atoms with E-state index in [1.165, 1.54) is 0 Å². The van der Waals surface area contributed by atoms with Crippen LogP contribution < -0.4 is 10.1 Å². The van der Waals surface area contributed by atoms with Crippen molar-refractivity contribution < 1.29 is 22.7 Å². The third kappa shape index (κ3) is 6.65. The second-order valence-corrected chi connectivity index (χ2v) is 10.4. The molecule has 1 heterocycles. The molecule has 1 amide bonds. The van der Waals surface area contributed by atoms with Gasteiger partial charge in [0.25, 0.3) is 5.91 Å². The van der Waals surface area contributed by atoms with Gasteiger partial charge in [0, 0.05) is 29.7 Å². The average Bonchev–Trinajstić information content (AvgIpc) is 3.79. The van der Waals surface area contributed by atoms with Crippen LogP contribution in [0.4, 0.5) is 13.2 Å². The average molecular weight is 555 g/mol. The van der Waals surface area contributed by atoms with Crippen LogP contribution in [-0.2, 0) is 17.8 Å². The first-order chi connectivity index (χ1) is 18.9. The van der Waals surface area contributed by atoms with Crippen molar-refractivity contribution in [2.24, 2.45) is 0 Å². The number of aryl methyl sites for hydroxylation is 1. The molecule has 204 valence electrons. The van der Waals surface area contributed by atoms with Crippen molar-refractivity contribution in [3.05, 3.63) is 105 Å². The summed E-state index contributed by atoms with van der Waals surface area (Å²) in [6.07, 6.45) is 3.92. The molecule has 39 heavy (non-hydrogen) atoms. The highest BCUT2D eigenvalue weighted by molar-refractivity contribution is 6.30. The SMILES string of the molecule is O=C(C1=C(c2ccc(CCCOc3c(F)ccc(F)c3F)cc2)CCNC1)N(Cc1cccc(Cl)c1)C1CC1. The summed E-state index contributed by atoms with van der Waals surface area (Å²) in [4.78, 5) is 15.8. The number of benzene rings is 3. The number of carbonyl (C=O) groups is 1. The maximum Gasteiger partial charge on any atom is 0.251 e. The van der Waals surface area contributed by atoms with Gasteiger partial charge in [-0.25, -0.2) is 8.78 Å². The first-order valence-electron chi connectivity index (χ1n) is 13.2. The molecule has 0 atom stereocenters. The van der Waals surface area contributed by atoms with Gasteiger partial charge >= 0.3 is 0 Å². The maximum absolute atomic E-state index is 13.8. The normalized spacial score (nSPS) is 15.4. The summed E-state index contributed by atoms with van der Waals surface area (Å²) in [5, 5.41) is 4.02. The zero-order chi connectivity index (χ0) is 27.4. The van der Waals surface area contributed by atoms with Crippen LogP contribution in [0.5, 0.6) is 5.75 Å². The summed E-state index contributed by atoms with van der Waals surface area (Å²) < 4.78 is 46.0. The molecule has 0 spiro atoms. The lowest BCUT2D eigenvalue weighted by atomic mass is 9.92. The van der Waals surface area contributed by atoms with Crippen molar-refractivity contribution in [3.63, 3.8) is 0 Å². The minimum absolute atomic E-state index is 0.0537. The van der Waals surface area contributed by atoms with Crippen molar-refractivity contribution >= 4 is 23.1 Å². The summed E-state index contributed by atoms with van der Waals surface area (Å²) in [6, 6.07) is 17.5. The second-order valence-electron chi connectivity index (χ2n) is 10.00. The van der Waals surface area contributed by atoms with E-state index in [4.69, 9.17) is 16.3 Å². The Bertz CT molecular complexity index is 1370. The second kappa shape index (κ2) is 12.3. The number of rotatable bonds is 10. The van der Waals surface area contributed by atoms with Crippen molar-refractivity contribution in [1.82, 2.24) is 10.2 Å². The lowest BCUT2D eigenvalue weighted by Gasteiger charge is -2.28. The smallest absolute Gasteiger partial charge is 0.251 e. The van der Waals surface area contributed by atoms with Gasteiger partial charge in [0.05, 0.1) is 6.61 Å². The molecule has 0 aromatic heterocycles. The molecule has 1 N–H and O–H groups in total. The van der Waals surface area contributed by atoms with Crippen LogP contribution in [0.1, 0.15) is 42.4 Å². The Labute approximate surface area is 231 Å². The molecule has 3 aromatic carbocycles. The van der Waals surface area contributed by atoms with Gasteiger partial charge in [-0.05, 0) is 85.2 Å². The molecule has 1 aliphatic carbocycles. The molecule has 8 heteroatoms. The molecule has 3 aromatic rings. The van der Waals surface area contributed by atoms with E-state index in [2.05, 4.69) is 5.32 Å². The van der Waals surface area contributed by atoms with Crippen LogP contribution in [0.2, 0.25) is 5.02 Å². The predicted molar refractivity (Wildman–Crippen MR) is 146 cm³/mol. The standard InChI is InChI=1S/C31H30ClF3N2O2/c32-23-5-1-3-21(17-23)19-37(24-10-11-24)31(38)26-18-36-15-14-25(26)22-8-6-20(7-9-22)4-2-16-39-30-28(34)13-12-27(33)29(30)35/h1,3,5-9,12-13,17,24,36H,2,4,10-11,14-16,18-19H2. The van der Waals surface area contributed by atoms with E-state index in [1.807, 2.05) is 53.4 Å². The van der Waals surface area contributed by atoms with Gasteiger partial charge in [-0.2, -0.15) is 4.39 Å². The quantitative estimate of drug-likeness (QED) is 0.224. The largest absolute Gasteiger partial charge is 0.488 e. The van der Waals surface area contributed by atoms with E-state index in [9.17, 15) is 18.0 Å². The number of hydrogen-bond donors (Lipinski definition) is 1. The van der Waals surface area contributed by atoms with Gasteiger partial charge in [-0.1, -0.05) is 48.0 Å². The summed E-state index contributed by atoms with van der Waals surface area (Å²) in [5.41, 5.74) is 4.93. The van der Waals surface area contributed by atoms with Gasteiger partial charge in [-0.15, -0.1) is 0 Å². The third-order valence-electron chi connectivity index (χ3n) is 7.13. The summed E-state index contributed by atoms with van der Waals surface area (Å²) in [7, 11) is 0. The van der Waals surface area contributed by atoms with Crippen molar-refractivity contribution in [2.75, 3.05) is 19.7 Å². The summed E-state index contributed by atoms with van der Waals surface area (Å²) >= 11 is 6.18. The number of ether oxygens (including phenoxy) is 1. The van der Waals surface area contributed by atoms with Crippen molar-refractivity contribution in [3.8, 4) is 5.75 Å². The Hall–Kier alpha value is -3.29. The molecule has 4 nitrogen and oxygen atoms in total. The van der Waals surface area contributed by atoms with Gasteiger partial charge in [0.15, 0.2) is 17.4 Å². The van der Waals surface area contributed by atoms with Gasteiger partial charge in [0.2, 0.25) is 5.82 Å². The Balaban J connectivity index is 1.25. The Morgan fingerprint density at radius 3 is 2.51 bits per heavy atom. The highest BCUT2D eigenvalue weighted by Gasteiger charge is 2.35. The van der Waals surface area contributed by atoms with Crippen LogP contribution in [0.25, 0.3) is 5.57 Å². The van der Waals surface area contributed by atoms with Crippen LogP contribution in [0, 0.1) is 17.5 Å².